The van der Waals surface area contributed by atoms with Gasteiger partial charge in [-0.2, -0.15) is 0 Å². The molecule has 0 heterocycles. The Balaban J connectivity index is 1.56. The highest BCUT2D eigenvalue weighted by Gasteiger charge is 2.29. The van der Waals surface area contributed by atoms with Gasteiger partial charge in [-0.05, 0) is 63.2 Å². The highest BCUT2D eigenvalue weighted by Crippen LogP contribution is 2.27. The van der Waals surface area contributed by atoms with Gasteiger partial charge in [-0.15, -0.1) is 0 Å². The van der Waals surface area contributed by atoms with Crippen molar-refractivity contribution in [1.82, 2.24) is 0 Å². The largest absolute Gasteiger partial charge is 0.493 e. The number of carbonyl (C=O) groups excluding carboxylic acids is 1. The molecule has 0 radical (unpaired) electrons. The number of carboxylic acid groups (broad SMARTS) is 1. The number of hydrogen-bond donors (Lipinski definition) is 1. The Kier molecular flexibility index (Phi) is 8.34. The molecular weight excluding hydrogens is 500 g/mol. The van der Waals surface area contributed by atoms with Gasteiger partial charge in [0.2, 0.25) is 0 Å². The molecule has 0 aliphatic carbocycles. The van der Waals surface area contributed by atoms with E-state index in [1.54, 1.807) is 48.5 Å². The number of carbonyl (C=O) groups is 2. The van der Waals surface area contributed by atoms with Crippen LogP contribution in [0.25, 0.3) is 0 Å². The predicted molar refractivity (Wildman–Crippen MR) is 133 cm³/mol. The van der Waals surface area contributed by atoms with Crippen LogP contribution in [0.1, 0.15) is 43.1 Å². The van der Waals surface area contributed by atoms with Crippen molar-refractivity contribution in [3.63, 3.8) is 0 Å². The fraction of sp³-hybridized carbons (Fsp3) is 0.259. The number of benzene rings is 3. The Morgan fingerprint density at radius 1 is 0.971 bits per heavy atom. The summed E-state index contributed by atoms with van der Waals surface area (Å²) in [5.74, 6) is 0.459. The standard InChI is InChI=1S/C27H27BrO6/c1-18(15-16-32-21-10-12-22(13-11-21)34-27(2,3)26(30)31)33-24-14-9-20(28)17-23(24)25(29)19-7-5-4-6-8-19/h4-14,17-18H,15-16H2,1-3H3,(H,30,31). The van der Waals surface area contributed by atoms with E-state index in [1.165, 1.54) is 13.8 Å². The number of hydrogen-bond acceptors (Lipinski definition) is 5. The van der Waals surface area contributed by atoms with Crippen molar-refractivity contribution in [1.29, 1.82) is 0 Å². The van der Waals surface area contributed by atoms with Crippen molar-refractivity contribution in [2.45, 2.75) is 38.9 Å². The average Bonchev–Trinajstić information content (AvgIpc) is 2.81. The molecule has 1 atom stereocenters. The first-order valence-corrected chi connectivity index (χ1v) is 11.7. The van der Waals surface area contributed by atoms with Gasteiger partial charge in [0.25, 0.3) is 0 Å². The lowest BCUT2D eigenvalue weighted by Gasteiger charge is -2.21. The fourth-order valence-corrected chi connectivity index (χ4v) is 3.45. The Bertz CT molecular complexity index is 1130. The smallest absolute Gasteiger partial charge is 0.347 e. The lowest BCUT2D eigenvalue weighted by molar-refractivity contribution is -0.152. The Labute approximate surface area is 207 Å². The minimum atomic E-state index is -1.32. The molecule has 0 amide bonds. The molecule has 1 N–H and O–H groups in total. The lowest BCUT2D eigenvalue weighted by Crippen LogP contribution is -2.37. The van der Waals surface area contributed by atoms with Crippen LogP contribution in [0.15, 0.2) is 77.3 Å². The summed E-state index contributed by atoms with van der Waals surface area (Å²) in [7, 11) is 0. The summed E-state index contributed by atoms with van der Waals surface area (Å²) in [5, 5.41) is 9.17. The maximum atomic E-state index is 13.0. The van der Waals surface area contributed by atoms with Gasteiger partial charge < -0.3 is 19.3 Å². The molecule has 1 unspecified atom stereocenters. The molecule has 178 valence electrons. The lowest BCUT2D eigenvalue weighted by atomic mass is 10.0. The number of rotatable bonds is 11. The average molecular weight is 527 g/mol. The molecular formula is C27H27BrO6. The number of carboxylic acids is 1. The zero-order chi connectivity index (χ0) is 24.7. The first-order chi connectivity index (χ1) is 16.2. The second-order valence-corrected chi connectivity index (χ2v) is 9.21. The first-order valence-electron chi connectivity index (χ1n) is 10.9. The minimum absolute atomic E-state index is 0.103. The molecule has 0 saturated carbocycles. The SMILES string of the molecule is CC(CCOc1ccc(OC(C)(C)C(=O)O)cc1)Oc1ccc(Br)cc1C(=O)c1ccccc1. The fourth-order valence-electron chi connectivity index (χ4n) is 3.09. The van der Waals surface area contributed by atoms with Crippen LogP contribution in [0.5, 0.6) is 17.2 Å². The van der Waals surface area contributed by atoms with E-state index in [9.17, 15) is 9.59 Å². The van der Waals surface area contributed by atoms with Crippen LogP contribution < -0.4 is 14.2 Å². The predicted octanol–water partition coefficient (Wildman–Crippen LogP) is 6.16. The van der Waals surface area contributed by atoms with Gasteiger partial charge in [0.15, 0.2) is 11.4 Å². The van der Waals surface area contributed by atoms with E-state index in [2.05, 4.69) is 15.9 Å². The first kappa shape index (κ1) is 25.3. The van der Waals surface area contributed by atoms with Crippen molar-refractivity contribution in [3.05, 3.63) is 88.4 Å². The summed E-state index contributed by atoms with van der Waals surface area (Å²) < 4.78 is 18.2. The van der Waals surface area contributed by atoms with Gasteiger partial charge in [-0.1, -0.05) is 46.3 Å². The molecule has 0 aromatic heterocycles. The second-order valence-electron chi connectivity index (χ2n) is 8.29. The van der Waals surface area contributed by atoms with E-state index >= 15 is 0 Å². The summed E-state index contributed by atoms with van der Waals surface area (Å²) in [4.78, 5) is 24.2. The van der Waals surface area contributed by atoms with Crippen LogP contribution in [-0.2, 0) is 4.79 Å². The summed E-state index contributed by atoms with van der Waals surface area (Å²) >= 11 is 3.43. The minimum Gasteiger partial charge on any atom is -0.493 e. The van der Waals surface area contributed by atoms with Crippen LogP contribution in [0.4, 0.5) is 0 Å². The van der Waals surface area contributed by atoms with Gasteiger partial charge in [0.1, 0.15) is 17.2 Å². The number of ether oxygens (including phenoxy) is 3. The molecule has 0 saturated heterocycles. The molecule has 3 rings (SSSR count). The van der Waals surface area contributed by atoms with Crippen LogP contribution in [0.2, 0.25) is 0 Å². The zero-order valence-electron chi connectivity index (χ0n) is 19.3. The molecule has 0 bridgehead atoms. The van der Waals surface area contributed by atoms with Gasteiger partial charge in [0.05, 0.1) is 18.3 Å². The van der Waals surface area contributed by atoms with E-state index in [0.717, 1.165) is 4.47 Å². The Morgan fingerprint density at radius 3 is 2.26 bits per heavy atom. The van der Waals surface area contributed by atoms with Crippen LogP contribution in [0.3, 0.4) is 0 Å². The van der Waals surface area contributed by atoms with Crippen molar-refractivity contribution in [3.8, 4) is 17.2 Å². The summed E-state index contributed by atoms with van der Waals surface area (Å²) in [6.07, 6.45) is 0.404. The molecule has 0 aliphatic rings. The quantitative estimate of drug-likeness (QED) is 0.301. The highest BCUT2D eigenvalue weighted by molar-refractivity contribution is 9.10. The van der Waals surface area contributed by atoms with Crippen molar-refractivity contribution in [2.24, 2.45) is 0 Å². The topological polar surface area (TPSA) is 82.1 Å². The number of halogens is 1. The summed E-state index contributed by atoms with van der Waals surface area (Å²) in [5.41, 5.74) is -0.225. The Morgan fingerprint density at radius 2 is 1.62 bits per heavy atom. The van der Waals surface area contributed by atoms with Crippen molar-refractivity contribution >= 4 is 27.7 Å². The van der Waals surface area contributed by atoms with Crippen molar-refractivity contribution in [2.75, 3.05) is 6.61 Å². The van der Waals surface area contributed by atoms with E-state index in [4.69, 9.17) is 19.3 Å². The normalized spacial score (nSPS) is 12.0. The van der Waals surface area contributed by atoms with Crippen LogP contribution in [0, 0.1) is 0 Å². The van der Waals surface area contributed by atoms with E-state index in [0.29, 0.717) is 41.4 Å². The van der Waals surface area contributed by atoms with E-state index < -0.39 is 11.6 Å². The molecule has 3 aromatic carbocycles. The molecule has 0 fully saturated rings. The monoisotopic (exact) mass is 526 g/mol. The molecule has 34 heavy (non-hydrogen) atoms. The maximum Gasteiger partial charge on any atom is 0.347 e. The van der Waals surface area contributed by atoms with Crippen molar-refractivity contribution < 1.29 is 28.9 Å². The third kappa shape index (κ3) is 6.84. The van der Waals surface area contributed by atoms with Gasteiger partial charge in [-0.3, -0.25) is 4.79 Å². The molecule has 6 nitrogen and oxygen atoms in total. The molecule has 7 heteroatoms. The maximum absolute atomic E-state index is 13.0. The third-order valence-electron chi connectivity index (χ3n) is 5.06. The van der Waals surface area contributed by atoms with Crippen LogP contribution in [-0.4, -0.2) is 35.2 Å². The zero-order valence-corrected chi connectivity index (χ0v) is 20.9. The molecule has 0 spiro atoms. The Hall–Kier alpha value is -3.32. The van der Waals surface area contributed by atoms with Gasteiger partial charge in [0, 0.05) is 16.5 Å². The highest BCUT2D eigenvalue weighted by atomic mass is 79.9. The summed E-state index contributed by atoms with van der Waals surface area (Å²) in [6.45, 7) is 5.31. The van der Waals surface area contributed by atoms with Crippen LogP contribution >= 0.6 is 15.9 Å². The molecule has 0 aliphatic heterocycles. The van der Waals surface area contributed by atoms with E-state index in [-0.39, 0.29) is 11.9 Å². The number of ketones is 1. The number of aliphatic carboxylic acids is 1. The van der Waals surface area contributed by atoms with Gasteiger partial charge >= 0.3 is 5.97 Å². The molecule has 3 aromatic rings. The summed E-state index contributed by atoms with van der Waals surface area (Å²) in [6, 6.07) is 21.3. The third-order valence-corrected chi connectivity index (χ3v) is 5.55. The van der Waals surface area contributed by atoms with Gasteiger partial charge in [-0.25, -0.2) is 4.79 Å². The van der Waals surface area contributed by atoms with E-state index in [1.807, 2.05) is 31.2 Å². The second kappa shape index (κ2) is 11.2.